The Bertz CT molecular complexity index is 521. The molecule has 0 saturated heterocycles. The summed E-state index contributed by atoms with van der Waals surface area (Å²) in [6, 6.07) is 1.09. The van der Waals surface area contributed by atoms with Gasteiger partial charge < -0.3 is 5.11 Å². The highest BCUT2D eigenvalue weighted by molar-refractivity contribution is 9.10. The number of nitrogens with one attached hydrogen (secondary N) is 1. The summed E-state index contributed by atoms with van der Waals surface area (Å²) in [5, 5.41) is 9.78. The Kier molecular flexibility index (Phi) is 4.37. The van der Waals surface area contributed by atoms with Crippen LogP contribution in [0.4, 0.5) is 0 Å². The fourth-order valence-electron chi connectivity index (χ4n) is 2.06. The first-order valence-electron chi connectivity index (χ1n) is 5.80. The highest BCUT2D eigenvalue weighted by atomic mass is 79.9. The highest BCUT2D eigenvalue weighted by Crippen LogP contribution is 2.21. The van der Waals surface area contributed by atoms with Crippen LogP contribution in [0.3, 0.4) is 0 Å². The van der Waals surface area contributed by atoms with Gasteiger partial charge in [-0.1, -0.05) is 12.8 Å². The van der Waals surface area contributed by atoms with Gasteiger partial charge >= 0.3 is 0 Å². The predicted molar refractivity (Wildman–Crippen MR) is 70.5 cm³/mol. The number of aliphatic hydroxyl groups excluding tert-OH is 1. The van der Waals surface area contributed by atoms with Crippen LogP contribution in [0.25, 0.3) is 0 Å². The van der Waals surface area contributed by atoms with Gasteiger partial charge in [-0.3, -0.25) is 4.98 Å². The molecule has 2 N–H and O–H groups in total. The van der Waals surface area contributed by atoms with Crippen molar-refractivity contribution in [2.45, 2.75) is 42.7 Å². The lowest BCUT2D eigenvalue weighted by Gasteiger charge is -2.28. The van der Waals surface area contributed by atoms with Crippen LogP contribution in [0.5, 0.6) is 0 Å². The molecule has 2 unspecified atom stereocenters. The van der Waals surface area contributed by atoms with Crippen molar-refractivity contribution in [1.29, 1.82) is 0 Å². The molecule has 7 heteroatoms. The average molecular weight is 335 g/mol. The lowest BCUT2D eigenvalue weighted by molar-refractivity contribution is 0.101. The van der Waals surface area contributed by atoms with Gasteiger partial charge in [0.2, 0.25) is 10.0 Å². The SMILES string of the molecule is O=S(=O)(NC1CCCCC1O)c1cncc(Br)c1. The van der Waals surface area contributed by atoms with Gasteiger partial charge in [0, 0.05) is 22.9 Å². The topological polar surface area (TPSA) is 79.3 Å². The zero-order valence-electron chi connectivity index (χ0n) is 9.71. The van der Waals surface area contributed by atoms with Crippen molar-refractivity contribution < 1.29 is 13.5 Å². The van der Waals surface area contributed by atoms with Crippen molar-refractivity contribution >= 4 is 26.0 Å². The summed E-state index contributed by atoms with van der Waals surface area (Å²) in [6.07, 6.45) is 5.40. The number of pyridine rings is 1. The molecule has 1 saturated carbocycles. The zero-order chi connectivity index (χ0) is 13.2. The molecular formula is C11H15BrN2O3S. The maximum absolute atomic E-state index is 12.1. The molecule has 100 valence electrons. The van der Waals surface area contributed by atoms with Gasteiger partial charge in [0.05, 0.1) is 6.10 Å². The van der Waals surface area contributed by atoms with E-state index in [0.29, 0.717) is 17.3 Å². The van der Waals surface area contributed by atoms with E-state index in [4.69, 9.17) is 0 Å². The zero-order valence-corrected chi connectivity index (χ0v) is 12.1. The van der Waals surface area contributed by atoms with Gasteiger partial charge in [-0.15, -0.1) is 0 Å². The fraction of sp³-hybridized carbons (Fsp3) is 0.545. The van der Waals surface area contributed by atoms with Crippen molar-refractivity contribution in [2.75, 3.05) is 0 Å². The second kappa shape index (κ2) is 5.64. The minimum absolute atomic E-state index is 0.106. The van der Waals surface area contributed by atoms with Gasteiger partial charge in [0.1, 0.15) is 4.90 Å². The first kappa shape index (κ1) is 13.9. The molecule has 18 heavy (non-hydrogen) atoms. The molecular weight excluding hydrogens is 320 g/mol. The fourth-order valence-corrected chi connectivity index (χ4v) is 3.86. The first-order chi connectivity index (χ1) is 8.49. The maximum atomic E-state index is 12.1. The van der Waals surface area contributed by atoms with E-state index < -0.39 is 22.2 Å². The van der Waals surface area contributed by atoms with Crippen molar-refractivity contribution in [2.24, 2.45) is 0 Å². The molecule has 1 aliphatic rings. The van der Waals surface area contributed by atoms with Crippen molar-refractivity contribution in [1.82, 2.24) is 9.71 Å². The van der Waals surface area contributed by atoms with E-state index in [1.165, 1.54) is 18.5 Å². The number of sulfonamides is 1. The molecule has 5 nitrogen and oxygen atoms in total. The number of rotatable bonds is 3. The Morgan fingerprint density at radius 2 is 2.06 bits per heavy atom. The van der Waals surface area contributed by atoms with Gasteiger partial charge in [-0.2, -0.15) is 0 Å². The van der Waals surface area contributed by atoms with Crippen LogP contribution in [-0.4, -0.2) is 30.7 Å². The number of hydrogen-bond donors (Lipinski definition) is 2. The second-order valence-electron chi connectivity index (χ2n) is 4.42. The highest BCUT2D eigenvalue weighted by Gasteiger charge is 2.28. The van der Waals surface area contributed by atoms with E-state index in [9.17, 15) is 13.5 Å². The van der Waals surface area contributed by atoms with E-state index in [0.717, 1.165) is 12.8 Å². The normalized spacial score (nSPS) is 25.0. The Labute approximate surface area is 115 Å². The third kappa shape index (κ3) is 3.28. The lowest BCUT2D eigenvalue weighted by Crippen LogP contribution is -2.44. The standard InChI is InChI=1S/C11H15BrN2O3S/c12-8-5-9(7-13-6-8)18(16,17)14-10-3-1-2-4-11(10)15/h5-7,10-11,14-15H,1-4H2. The first-order valence-corrected chi connectivity index (χ1v) is 8.07. The van der Waals surface area contributed by atoms with Crippen molar-refractivity contribution in [3.8, 4) is 0 Å². The summed E-state index contributed by atoms with van der Waals surface area (Å²) >= 11 is 3.19. The van der Waals surface area contributed by atoms with E-state index in [1.807, 2.05) is 0 Å². The summed E-state index contributed by atoms with van der Waals surface area (Å²) in [7, 11) is -3.62. The van der Waals surface area contributed by atoms with Crippen LogP contribution in [0, 0.1) is 0 Å². The number of nitrogens with zero attached hydrogens (tertiary/aromatic N) is 1. The third-order valence-corrected chi connectivity index (χ3v) is 4.92. The molecule has 0 spiro atoms. The molecule has 0 radical (unpaired) electrons. The summed E-state index contributed by atoms with van der Waals surface area (Å²) in [4.78, 5) is 3.94. The van der Waals surface area contributed by atoms with Crippen LogP contribution in [-0.2, 0) is 10.0 Å². The Morgan fingerprint density at radius 3 is 2.72 bits per heavy atom. The van der Waals surface area contributed by atoms with Crippen molar-refractivity contribution in [3.63, 3.8) is 0 Å². The molecule has 1 heterocycles. The maximum Gasteiger partial charge on any atom is 0.242 e. The second-order valence-corrected chi connectivity index (χ2v) is 7.05. The quantitative estimate of drug-likeness (QED) is 0.876. The summed E-state index contributed by atoms with van der Waals surface area (Å²) in [5.74, 6) is 0. The Hall–Kier alpha value is -0.500. The monoisotopic (exact) mass is 334 g/mol. The van der Waals surface area contributed by atoms with E-state index >= 15 is 0 Å². The van der Waals surface area contributed by atoms with Crippen LogP contribution < -0.4 is 4.72 Å². The summed E-state index contributed by atoms with van der Waals surface area (Å²) < 4.78 is 27.4. The molecule has 1 aromatic rings. The summed E-state index contributed by atoms with van der Waals surface area (Å²) in [5.41, 5.74) is 0. The smallest absolute Gasteiger partial charge is 0.242 e. The average Bonchev–Trinajstić information content (AvgIpc) is 2.32. The van der Waals surface area contributed by atoms with Crippen molar-refractivity contribution in [3.05, 3.63) is 22.9 Å². The number of aliphatic hydroxyl groups is 1. The molecule has 1 aromatic heterocycles. The van der Waals surface area contributed by atoms with E-state index in [-0.39, 0.29) is 4.90 Å². The molecule has 0 bridgehead atoms. The molecule has 1 fully saturated rings. The molecule has 0 amide bonds. The van der Waals surface area contributed by atoms with E-state index in [2.05, 4.69) is 25.6 Å². The predicted octanol–water partition coefficient (Wildman–Crippen LogP) is 1.43. The van der Waals surface area contributed by atoms with E-state index in [1.54, 1.807) is 0 Å². The number of aromatic nitrogens is 1. The van der Waals surface area contributed by atoms with Crippen LogP contribution in [0.1, 0.15) is 25.7 Å². The molecule has 2 rings (SSSR count). The Balaban J connectivity index is 2.16. The molecule has 0 aliphatic heterocycles. The molecule has 0 aromatic carbocycles. The number of hydrogen-bond acceptors (Lipinski definition) is 4. The van der Waals surface area contributed by atoms with Gasteiger partial charge in [0.25, 0.3) is 0 Å². The minimum Gasteiger partial charge on any atom is -0.391 e. The largest absolute Gasteiger partial charge is 0.391 e. The minimum atomic E-state index is -3.62. The van der Waals surface area contributed by atoms with Crippen LogP contribution in [0.15, 0.2) is 27.8 Å². The molecule has 1 aliphatic carbocycles. The summed E-state index contributed by atoms with van der Waals surface area (Å²) in [6.45, 7) is 0. The Morgan fingerprint density at radius 1 is 1.33 bits per heavy atom. The van der Waals surface area contributed by atoms with Gasteiger partial charge in [-0.25, -0.2) is 13.1 Å². The van der Waals surface area contributed by atoms with Crippen LogP contribution >= 0.6 is 15.9 Å². The number of halogens is 1. The third-order valence-electron chi connectivity index (χ3n) is 3.03. The van der Waals surface area contributed by atoms with Gasteiger partial charge in [-0.05, 0) is 34.8 Å². The molecule has 2 atom stereocenters. The van der Waals surface area contributed by atoms with Crippen LogP contribution in [0.2, 0.25) is 0 Å². The van der Waals surface area contributed by atoms with Gasteiger partial charge in [0.15, 0.2) is 0 Å². The lowest BCUT2D eigenvalue weighted by atomic mass is 9.93.